The third kappa shape index (κ3) is 2.91. The number of nitrogens with one attached hydrogen (secondary N) is 3. The number of nitrogens with zero attached hydrogens (tertiary/aromatic N) is 1. The first-order chi connectivity index (χ1) is 8.74. The second-order valence-electron chi connectivity index (χ2n) is 4.50. The lowest BCUT2D eigenvalue weighted by Gasteiger charge is -2.26. The van der Waals surface area contributed by atoms with Crippen LogP contribution >= 0.6 is 28.3 Å². The Morgan fingerprint density at radius 2 is 2.26 bits per heavy atom. The minimum absolute atomic E-state index is 0. The Balaban J connectivity index is 0.00000133. The smallest absolute Gasteiger partial charge is 0.272 e. The van der Waals surface area contributed by atoms with Crippen molar-refractivity contribution in [2.45, 2.75) is 0 Å². The summed E-state index contributed by atoms with van der Waals surface area (Å²) in [4.78, 5) is 12.0. The number of H-pyrrole nitrogens is 1. The molecule has 2 heterocycles. The molecular formula is C12H14BrClN4O. The van der Waals surface area contributed by atoms with Gasteiger partial charge in [0.15, 0.2) is 5.69 Å². The molecule has 0 atom stereocenters. The van der Waals surface area contributed by atoms with Crippen LogP contribution in [0.4, 0.5) is 0 Å². The van der Waals surface area contributed by atoms with E-state index in [1.165, 1.54) is 0 Å². The van der Waals surface area contributed by atoms with Gasteiger partial charge >= 0.3 is 0 Å². The fraction of sp³-hybridized carbons (Fsp3) is 0.333. The Morgan fingerprint density at radius 3 is 2.95 bits per heavy atom. The second kappa shape index (κ2) is 5.90. The zero-order valence-corrected chi connectivity index (χ0v) is 12.5. The number of fused-ring (bicyclic) bond motifs is 1. The summed E-state index contributed by atoms with van der Waals surface area (Å²) in [5.74, 6) is 0.428. The number of carbonyl (C=O) groups is 1. The van der Waals surface area contributed by atoms with Gasteiger partial charge in [0, 0.05) is 35.4 Å². The molecule has 2 aromatic rings. The lowest BCUT2D eigenvalue weighted by molar-refractivity contribution is 0.0939. The molecule has 0 radical (unpaired) electrons. The summed E-state index contributed by atoms with van der Waals surface area (Å²) in [6.07, 6.45) is 0. The second-order valence-corrected chi connectivity index (χ2v) is 5.41. The van der Waals surface area contributed by atoms with Gasteiger partial charge in [-0.15, -0.1) is 12.4 Å². The summed E-state index contributed by atoms with van der Waals surface area (Å²) >= 11 is 3.40. The van der Waals surface area contributed by atoms with Crippen LogP contribution in [-0.4, -0.2) is 35.7 Å². The maximum absolute atomic E-state index is 12.0. The van der Waals surface area contributed by atoms with Crippen molar-refractivity contribution in [3.05, 3.63) is 28.4 Å². The van der Waals surface area contributed by atoms with E-state index in [0.717, 1.165) is 28.5 Å². The van der Waals surface area contributed by atoms with Crippen LogP contribution in [0.2, 0.25) is 0 Å². The predicted molar refractivity (Wildman–Crippen MR) is 79.7 cm³/mol. The minimum atomic E-state index is -0.119. The van der Waals surface area contributed by atoms with E-state index in [2.05, 4.69) is 36.8 Å². The quantitative estimate of drug-likeness (QED) is 0.793. The Labute approximate surface area is 125 Å². The predicted octanol–water partition coefficient (Wildman–Crippen LogP) is 1.70. The maximum atomic E-state index is 12.0. The molecular weight excluding hydrogens is 332 g/mol. The SMILES string of the molecule is Cl.O=C(NCC1CNC1)c1n[nH]c2ccc(Br)cc12. The van der Waals surface area contributed by atoms with E-state index in [0.29, 0.717) is 18.2 Å². The highest BCUT2D eigenvalue weighted by Gasteiger charge is 2.19. The average molecular weight is 346 g/mol. The van der Waals surface area contributed by atoms with E-state index in [9.17, 15) is 4.79 Å². The molecule has 1 aliphatic heterocycles. The lowest BCUT2D eigenvalue weighted by Crippen LogP contribution is -2.48. The Morgan fingerprint density at radius 1 is 1.47 bits per heavy atom. The van der Waals surface area contributed by atoms with Crippen molar-refractivity contribution in [1.82, 2.24) is 20.8 Å². The number of hydrogen-bond acceptors (Lipinski definition) is 3. The van der Waals surface area contributed by atoms with E-state index in [4.69, 9.17) is 0 Å². The highest BCUT2D eigenvalue weighted by Crippen LogP contribution is 2.20. The third-order valence-corrected chi connectivity index (χ3v) is 3.65. The van der Waals surface area contributed by atoms with Crippen LogP contribution < -0.4 is 10.6 Å². The lowest BCUT2D eigenvalue weighted by atomic mass is 10.0. The fourth-order valence-corrected chi connectivity index (χ4v) is 2.33. The molecule has 0 bridgehead atoms. The molecule has 7 heteroatoms. The molecule has 19 heavy (non-hydrogen) atoms. The molecule has 1 saturated heterocycles. The van der Waals surface area contributed by atoms with Gasteiger partial charge in [-0.3, -0.25) is 9.89 Å². The van der Waals surface area contributed by atoms with E-state index >= 15 is 0 Å². The fourth-order valence-electron chi connectivity index (χ4n) is 1.97. The zero-order valence-electron chi connectivity index (χ0n) is 10.1. The summed E-state index contributed by atoms with van der Waals surface area (Å²) in [6.45, 7) is 2.66. The molecule has 0 unspecified atom stereocenters. The molecule has 1 aliphatic rings. The number of aromatic nitrogens is 2. The van der Waals surface area contributed by atoms with Gasteiger partial charge in [0.05, 0.1) is 5.52 Å². The van der Waals surface area contributed by atoms with Crippen LogP contribution in [-0.2, 0) is 0 Å². The zero-order chi connectivity index (χ0) is 12.5. The Hall–Kier alpha value is -1.11. The first-order valence-corrected chi connectivity index (χ1v) is 6.66. The molecule has 0 spiro atoms. The highest BCUT2D eigenvalue weighted by molar-refractivity contribution is 9.10. The van der Waals surface area contributed by atoms with Crippen LogP contribution in [0.5, 0.6) is 0 Å². The molecule has 1 fully saturated rings. The first kappa shape index (κ1) is 14.3. The summed E-state index contributed by atoms with van der Waals surface area (Å²) in [5.41, 5.74) is 1.33. The van der Waals surface area contributed by atoms with Gasteiger partial charge < -0.3 is 10.6 Å². The van der Waals surface area contributed by atoms with Crippen molar-refractivity contribution < 1.29 is 4.79 Å². The van der Waals surface area contributed by atoms with E-state index in [-0.39, 0.29) is 18.3 Å². The summed E-state index contributed by atoms with van der Waals surface area (Å²) in [7, 11) is 0. The van der Waals surface area contributed by atoms with Crippen LogP contribution in [0.3, 0.4) is 0 Å². The van der Waals surface area contributed by atoms with Gasteiger partial charge in [-0.05, 0) is 18.2 Å². The van der Waals surface area contributed by atoms with Gasteiger partial charge in [0.25, 0.3) is 5.91 Å². The number of carbonyl (C=O) groups excluding carboxylic acids is 1. The molecule has 1 aromatic carbocycles. The number of benzene rings is 1. The summed E-state index contributed by atoms with van der Waals surface area (Å²) < 4.78 is 0.939. The molecule has 0 aliphatic carbocycles. The number of halogens is 2. The van der Waals surface area contributed by atoms with E-state index in [1.807, 2.05) is 18.2 Å². The standard InChI is InChI=1S/C12H13BrN4O.ClH/c13-8-1-2-10-9(3-8)11(17-16-10)12(18)15-6-7-4-14-5-7;/h1-3,7,14H,4-6H2,(H,15,18)(H,16,17);1H. The van der Waals surface area contributed by atoms with Crippen molar-refractivity contribution in [3.63, 3.8) is 0 Å². The van der Waals surface area contributed by atoms with Gasteiger partial charge in [-0.2, -0.15) is 5.10 Å². The molecule has 5 nitrogen and oxygen atoms in total. The van der Waals surface area contributed by atoms with Crippen molar-refractivity contribution in [2.75, 3.05) is 19.6 Å². The van der Waals surface area contributed by atoms with Gasteiger partial charge in [-0.1, -0.05) is 15.9 Å². The van der Waals surface area contributed by atoms with Crippen molar-refractivity contribution in [3.8, 4) is 0 Å². The number of hydrogen-bond donors (Lipinski definition) is 3. The summed E-state index contributed by atoms with van der Waals surface area (Å²) in [5, 5.41) is 13.9. The monoisotopic (exact) mass is 344 g/mol. The maximum Gasteiger partial charge on any atom is 0.272 e. The van der Waals surface area contributed by atoms with E-state index in [1.54, 1.807) is 0 Å². The Bertz CT molecular complexity index is 596. The van der Waals surface area contributed by atoms with Crippen molar-refractivity contribution >= 4 is 45.1 Å². The minimum Gasteiger partial charge on any atom is -0.350 e. The largest absolute Gasteiger partial charge is 0.350 e. The summed E-state index contributed by atoms with van der Waals surface area (Å²) in [6, 6.07) is 5.72. The van der Waals surface area contributed by atoms with Crippen molar-refractivity contribution in [2.24, 2.45) is 5.92 Å². The molecule has 1 amide bonds. The van der Waals surface area contributed by atoms with Crippen LogP contribution in [0, 0.1) is 5.92 Å². The molecule has 102 valence electrons. The number of amides is 1. The Kier molecular flexibility index (Phi) is 4.44. The van der Waals surface area contributed by atoms with E-state index < -0.39 is 0 Å². The highest BCUT2D eigenvalue weighted by atomic mass is 79.9. The molecule has 3 N–H and O–H groups in total. The van der Waals surface area contributed by atoms with Crippen molar-refractivity contribution in [1.29, 1.82) is 0 Å². The topological polar surface area (TPSA) is 69.8 Å². The number of aromatic amines is 1. The normalized spacial score (nSPS) is 14.8. The van der Waals surface area contributed by atoms with Gasteiger partial charge in [0.2, 0.25) is 0 Å². The molecule has 3 rings (SSSR count). The number of rotatable bonds is 3. The van der Waals surface area contributed by atoms with Gasteiger partial charge in [-0.25, -0.2) is 0 Å². The van der Waals surface area contributed by atoms with Gasteiger partial charge in [0.1, 0.15) is 0 Å². The molecule has 1 aromatic heterocycles. The third-order valence-electron chi connectivity index (χ3n) is 3.16. The van der Waals surface area contributed by atoms with Crippen LogP contribution in [0.25, 0.3) is 10.9 Å². The average Bonchev–Trinajstić information content (AvgIpc) is 2.69. The van der Waals surface area contributed by atoms with Crippen LogP contribution in [0.1, 0.15) is 10.5 Å². The van der Waals surface area contributed by atoms with Crippen LogP contribution in [0.15, 0.2) is 22.7 Å². The molecule has 0 saturated carbocycles. The first-order valence-electron chi connectivity index (χ1n) is 5.86.